The molecule has 7 aromatic carbocycles. The van der Waals surface area contributed by atoms with Crippen molar-refractivity contribution in [2.24, 2.45) is 0 Å². The zero-order chi connectivity index (χ0) is 29.7. The lowest BCUT2D eigenvalue weighted by Crippen LogP contribution is -2.00. The fourth-order valence-corrected chi connectivity index (χ4v) is 6.23. The first-order valence-corrected chi connectivity index (χ1v) is 15.0. The van der Waals surface area contributed by atoms with Crippen LogP contribution in [-0.2, 0) is 0 Å². The van der Waals surface area contributed by atoms with Gasteiger partial charge in [0.25, 0.3) is 0 Å². The normalized spacial score (nSPS) is 11.6. The van der Waals surface area contributed by atoms with Crippen molar-refractivity contribution in [2.45, 2.75) is 0 Å². The van der Waals surface area contributed by atoms with E-state index in [9.17, 15) is 0 Å². The molecular formula is C41H25N3O. The van der Waals surface area contributed by atoms with Gasteiger partial charge in [0.05, 0.1) is 0 Å². The third-order valence-electron chi connectivity index (χ3n) is 8.51. The fraction of sp³-hybridized carbons (Fsp3) is 0. The molecule has 0 N–H and O–H groups in total. The van der Waals surface area contributed by atoms with Crippen molar-refractivity contribution in [1.29, 1.82) is 0 Å². The fourth-order valence-electron chi connectivity index (χ4n) is 6.23. The summed E-state index contributed by atoms with van der Waals surface area (Å²) in [5.41, 5.74) is 6.84. The molecule has 210 valence electrons. The van der Waals surface area contributed by atoms with Crippen molar-refractivity contribution in [3.05, 3.63) is 152 Å². The molecule has 0 unspecified atom stereocenters. The van der Waals surface area contributed by atoms with Gasteiger partial charge in [-0.3, -0.25) is 0 Å². The molecule has 0 aliphatic heterocycles. The van der Waals surface area contributed by atoms with Crippen LogP contribution >= 0.6 is 0 Å². The Morgan fingerprint density at radius 2 is 0.889 bits per heavy atom. The van der Waals surface area contributed by atoms with E-state index >= 15 is 0 Å². The second kappa shape index (κ2) is 10.2. The van der Waals surface area contributed by atoms with Gasteiger partial charge in [0, 0.05) is 27.5 Å². The molecular weight excluding hydrogens is 550 g/mol. The molecule has 0 amide bonds. The predicted octanol–water partition coefficient (Wildman–Crippen LogP) is 10.7. The molecule has 9 aromatic rings. The van der Waals surface area contributed by atoms with Gasteiger partial charge in [-0.2, -0.15) is 0 Å². The molecule has 4 nitrogen and oxygen atoms in total. The minimum absolute atomic E-state index is 0.619. The van der Waals surface area contributed by atoms with Gasteiger partial charge in [-0.05, 0) is 63.0 Å². The largest absolute Gasteiger partial charge is 0.456 e. The van der Waals surface area contributed by atoms with Crippen LogP contribution in [0.25, 0.3) is 88.8 Å². The maximum Gasteiger partial charge on any atom is 0.164 e. The molecule has 2 aromatic heterocycles. The molecule has 2 heterocycles. The average molecular weight is 576 g/mol. The predicted molar refractivity (Wildman–Crippen MR) is 184 cm³/mol. The lowest BCUT2D eigenvalue weighted by molar-refractivity contribution is 0.669. The number of hydrogen-bond acceptors (Lipinski definition) is 4. The average Bonchev–Trinajstić information content (AvgIpc) is 3.47. The molecule has 4 heteroatoms. The Labute approximate surface area is 259 Å². The molecule has 0 bridgehead atoms. The Bertz CT molecular complexity index is 2530. The molecule has 0 saturated heterocycles. The van der Waals surface area contributed by atoms with E-state index in [1.807, 2.05) is 42.5 Å². The Hall–Kier alpha value is -6.13. The zero-order valence-corrected chi connectivity index (χ0v) is 24.2. The summed E-state index contributed by atoms with van der Waals surface area (Å²) in [7, 11) is 0. The Morgan fingerprint density at radius 3 is 1.67 bits per heavy atom. The quantitative estimate of drug-likeness (QED) is 0.209. The van der Waals surface area contributed by atoms with Crippen LogP contribution in [0.4, 0.5) is 0 Å². The first kappa shape index (κ1) is 25.4. The van der Waals surface area contributed by atoms with Crippen molar-refractivity contribution in [1.82, 2.24) is 15.0 Å². The molecule has 9 rings (SSSR count). The summed E-state index contributed by atoms with van der Waals surface area (Å²) in [4.78, 5) is 14.9. The molecule has 0 fully saturated rings. The van der Waals surface area contributed by atoms with Crippen LogP contribution < -0.4 is 0 Å². The Balaban J connectivity index is 1.18. The molecule has 0 spiro atoms. The standard InChI is InChI=1S/C41H25N3O/c1-2-10-28(11-3-1)39-42-40(29-19-17-27(18-20-29)34-16-8-14-26-9-6-7-15-33(26)34)44-41(43-39)32-21-22-37-35(24-32)36-23-30-12-4-5-13-31(30)25-38(36)45-37/h1-25H. The van der Waals surface area contributed by atoms with Gasteiger partial charge >= 0.3 is 0 Å². The van der Waals surface area contributed by atoms with E-state index in [1.54, 1.807) is 0 Å². The van der Waals surface area contributed by atoms with Crippen LogP contribution in [-0.4, -0.2) is 15.0 Å². The van der Waals surface area contributed by atoms with Crippen LogP contribution in [0.2, 0.25) is 0 Å². The highest BCUT2D eigenvalue weighted by Gasteiger charge is 2.15. The van der Waals surface area contributed by atoms with Gasteiger partial charge in [0.1, 0.15) is 11.2 Å². The zero-order valence-electron chi connectivity index (χ0n) is 24.2. The highest BCUT2D eigenvalue weighted by molar-refractivity contribution is 6.10. The van der Waals surface area contributed by atoms with E-state index in [0.717, 1.165) is 49.6 Å². The monoisotopic (exact) mass is 575 g/mol. The maximum absolute atomic E-state index is 6.26. The van der Waals surface area contributed by atoms with E-state index in [-0.39, 0.29) is 0 Å². The number of fused-ring (bicyclic) bond motifs is 5. The number of benzene rings is 7. The van der Waals surface area contributed by atoms with Gasteiger partial charge in [0.15, 0.2) is 17.5 Å². The van der Waals surface area contributed by atoms with E-state index < -0.39 is 0 Å². The van der Waals surface area contributed by atoms with Crippen LogP contribution in [0.3, 0.4) is 0 Å². The minimum atomic E-state index is 0.619. The smallest absolute Gasteiger partial charge is 0.164 e. The van der Waals surface area contributed by atoms with Crippen molar-refractivity contribution >= 4 is 43.5 Å². The van der Waals surface area contributed by atoms with Crippen molar-refractivity contribution in [3.8, 4) is 45.3 Å². The van der Waals surface area contributed by atoms with E-state index in [1.165, 1.54) is 21.7 Å². The van der Waals surface area contributed by atoms with Gasteiger partial charge in [0.2, 0.25) is 0 Å². The van der Waals surface area contributed by atoms with Crippen molar-refractivity contribution in [2.75, 3.05) is 0 Å². The van der Waals surface area contributed by atoms with E-state index in [0.29, 0.717) is 17.5 Å². The van der Waals surface area contributed by atoms with Crippen LogP contribution in [0.15, 0.2) is 156 Å². The second-order valence-electron chi connectivity index (χ2n) is 11.3. The third-order valence-corrected chi connectivity index (χ3v) is 8.51. The summed E-state index contributed by atoms with van der Waals surface area (Å²) in [6.45, 7) is 0. The number of hydrogen-bond donors (Lipinski definition) is 0. The SMILES string of the molecule is c1ccc(-c2nc(-c3ccc(-c4cccc5ccccc45)cc3)nc(-c3ccc4oc5cc6ccccc6cc5c4c3)n2)cc1. The molecule has 0 saturated carbocycles. The topological polar surface area (TPSA) is 51.8 Å². The number of nitrogens with zero attached hydrogens (tertiary/aromatic N) is 3. The third kappa shape index (κ3) is 4.43. The maximum atomic E-state index is 6.26. The van der Waals surface area contributed by atoms with Crippen LogP contribution in [0, 0.1) is 0 Å². The number of rotatable bonds is 4. The van der Waals surface area contributed by atoms with Crippen LogP contribution in [0.5, 0.6) is 0 Å². The number of aromatic nitrogens is 3. The summed E-state index contributed by atoms with van der Waals surface area (Å²) in [5.74, 6) is 1.89. The van der Waals surface area contributed by atoms with Gasteiger partial charge < -0.3 is 4.42 Å². The Kier molecular flexibility index (Phi) is 5.78. The highest BCUT2D eigenvalue weighted by Crippen LogP contribution is 2.35. The Morgan fingerprint density at radius 1 is 0.333 bits per heavy atom. The van der Waals surface area contributed by atoms with Gasteiger partial charge in [-0.25, -0.2) is 15.0 Å². The van der Waals surface area contributed by atoms with E-state index in [4.69, 9.17) is 19.4 Å². The highest BCUT2D eigenvalue weighted by atomic mass is 16.3. The number of furan rings is 1. The minimum Gasteiger partial charge on any atom is -0.456 e. The molecule has 0 radical (unpaired) electrons. The van der Waals surface area contributed by atoms with Crippen molar-refractivity contribution < 1.29 is 4.42 Å². The van der Waals surface area contributed by atoms with Crippen LogP contribution in [0.1, 0.15) is 0 Å². The first-order valence-electron chi connectivity index (χ1n) is 15.0. The lowest BCUT2D eigenvalue weighted by atomic mass is 9.97. The molecule has 0 aliphatic carbocycles. The van der Waals surface area contributed by atoms with Gasteiger partial charge in [-0.15, -0.1) is 0 Å². The van der Waals surface area contributed by atoms with Crippen molar-refractivity contribution in [3.63, 3.8) is 0 Å². The summed E-state index contributed by atoms with van der Waals surface area (Å²) < 4.78 is 6.26. The summed E-state index contributed by atoms with van der Waals surface area (Å²) in [5, 5.41) is 6.91. The van der Waals surface area contributed by atoms with Gasteiger partial charge in [-0.1, -0.05) is 121 Å². The second-order valence-corrected chi connectivity index (χ2v) is 11.3. The first-order chi connectivity index (χ1) is 22.3. The lowest BCUT2D eigenvalue weighted by Gasteiger charge is -2.10. The van der Waals surface area contributed by atoms with E-state index in [2.05, 4.69) is 109 Å². The molecule has 0 aliphatic rings. The summed E-state index contributed by atoms with van der Waals surface area (Å²) in [6, 6.07) is 52.3. The molecule has 0 atom stereocenters. The molecule has 45 heavy (non-hydrogen) atoms. The summed E-state index contributed by atoms with van der Waals surface area (Å²) >= 11 is 0. The summed E-state index contributed by atoms with van der Waals surface area (Å²) in [6.07, 6.45) is 0.